The normalized spacial score (nSPS) is 25.3. The molecular weight excluding hydrogens is 415 g/mol. The first-order chi connectivity index (χ1) is 10.9. The Hall–Kier alpha value is -1.13. The number of carbonyl (C=O) groups excluding carboxylic acids is 1. The van der Waals surface area contributed by atoms with E-state index in [9.17, 15) is 26.4 Å². The van der Waals surface area contributed by atoms with Gasteiger partial charge in [0.2, 0.25) is 0 Å². The molecule has 0 radical (unpaired) electrons. The molecule has 24 heavy (non-hydrogen) atoms. The number of benzene rings is 1. The topological polar surface area (TPSA) is 72.5 Å². The number of esters is 1. The predicted molar refractivity (Wildman–Crippen MR) is 83.1 cm³/mol. The Morgan fingerprint density at radius 2 is 2.08 bits per heavy atom. The van der Waals surface area contributed by atoms with Crippen LogP contribution in [0.1, 0.15) is 25.3 Å². The summed E-state index contributed by atoms with van der Waals surface area (Å²) in [5, 5.41) is 1.58. The van der Waals surface area contributed by atoms with Crippen LogP contribution in [0, 0.1) is 0 Å². The molecule has 1 aliphatic rings. The summed E-state index contributed by atoms with van der Waals surface area (Å²) in [5.41, 5.74) is -1.04. The van der Waals surface area contributed by atoms with Crippen LogP contribution in [0.2, 0.25) is 0 Å². The van der Waals surface area contributed by atoms with Crippen LogP contribution < -0.4 is 5.32 Å². The van der Waals surface area contributed by atoms with Gasteiger partial charge in [0, 0.05) is 26.3 Å². The SMILES string of the molecule is CC(=O)OC1(Br)CCNC(S(=O)(=O)c2cccc(C(F)(F)F)c2)C1. The molecule has 5 nitrogen and oxygen atoms in total. The predicted octanol–water partition coefficient (Wildman–Crippen LogP) is 2.84. The third-order valence-corrected chi connectivity index (χ3v) is 6.43. The lowest BCUT2D eigenvalue weighted by Crippen LogP contribution is -2.50. The van der Waals surface area contributed by atoms with Crippen LogP contribution >= 0.6 is 15.9 Å². The van der Waals surface area contributed by atoms with E-state index in [-0.39, 0.29) is 13.0 Å². The maximum absolute atomic E-state index is 12.8. The lowest BCUT2D eigenvalue weighted by molar-refractivity contribution is -0.149. The number of nitrogens with one attached hydrogen (secondary N) is 1. The Morgan fingerprint density at radius 1 is 1.42 bits per heavy atom. The highest BCUT2D eigenvalue weighted by Crippen LogP contribution is 2.36. The van der Waals surface area contributed by atoms with Gasteiger partial charge in [0.15, 0.2) is 14.3 Å². The maximum Gasteiger partial charge on any atom is 0.416 e. The summed E-state index contributed by atoms with van der Waals surface area (Å²) < 4.78 is 67.6. The summed E-state index contributed by atoms with van der Waals surface area (Å²) in [7, 11) is -4.08. The number of sulfone groups is 1. The molecule has 1 aromatic carbocycles. The van der Waals surface area contributed by atoms with Crippen molar-refractivity contribution in [2.24, 2.45) is 0 Å². The Labute approximate surface area is 145 Å². The molecule has 2 unspecified atom stereocenters. The molecule has 0 amide bonds. The number of rotatable bonds is 3. The molecule has 0 saturated carbocycles. The van der Waals surface area contributed by atoms with Gasteiger partial charge in [0.1, 0.15) is 5.37 Å². The fraction of sp³-hybridized carbons (Fsp3) is 0.500. The molecule has 0 aliphatic carbocycles. The summed E-state index contributed by atoms with van der Waals surface area (Å²) in [6.45, 7) is 1.42. The first-order valence-electron chi connectivity index (χ1n) is 6.97. The first kappa shape index (κ1) is 19.2. The fourth-order valence-electron chi connectivity index (χ4n) is 2.45. The monoisotopic (exact) mass is 429 g/mol. The van der Waals surface area contributed by atoms with Gasteiger partial charge in [0.25, 0.3) is 0 Å². The summed E-state index contributed by atoms with van der Waals surface area (Å²) >= 11 is 3.22. The van der Waals surface area contributed by atoms with Crippen molar-refractivity contribution in [3.63, 3.8) is 0 Å². The number of piperidine rings is 1. The Bertz CT molecular complexity index is 738. The summed E-state index contributed by atoms with van der Waals surface area (Å²) in [6.07, 6.45) is -4.42. The standard InChI is InChI=1S/C14H15BrF3NO4S/c1-9(20)23-13(15)5-6-19-12(8-13)24(21,22)11-4-2-3-10(7-11)14(16,17)18/h2-4,7,12,19H,5-6,8H2,1H3. The molecule has 2 atom stereocenters. The van der Waals surface area contributed by atoms with Crippen LogP contribution in [0.5, 0.6) is 0 Å². The molecule has 1 fully saturated rings. The smallest absolute Gasteiger partial charge is 0.416 e. The van der Waals surface area contributed by atoms with Crippen LogP contribution in [0.25, 0.3) is 0 Å². The molecular formula is C14H15BrF3NO4S. The van der Waals surface area contributed by atoms with Crippen molar-refractivity contribution in [2.45, 2.75) is 40.7 Å². The van der Waals surface area contributed by atoms with Gasteiger partial charge in [0.05, 0.1) is 10.5 Å². The molecule has 0 spiro atoms. The van der Waals surface area contributed by atoms with Gasteiger partial charge in [-0.05, 0) is 34.1 Å². The van der Waals surface area contributed by atoms with Gasteiger partial charge in [-0.3, -0.25) is 4.79 Å². The van der Waals surface area contributed by atoms with E-state index in [0.29, 0.717) is 12.5 Å². The van der Waals surface area contributed by atoms with Crippen molar-refractivity contribution in [3.8, 4) is 0 Å². The zero-order chi connectivity index (χ0) is 18.2. The second-order valence-corrected chi connectivity index (χ2v) is 9.02. The van der Waals surface area contributed by atoms with E-state index < -0.39 is 42.3 Å². The van der Waals surface area contributed by atoms with E-state index >= 15 is 0 Å². The van der Waals surface area contributed by atoms with E-state index in [4.69, 9.17) is 4.74 Å². The second-order valence-electron chi connectivity index (χ2n) is 5.44. The Morgan fingerprint density at radius 3 is 2.67 bits per heavy atom. The third-order valence-electron chi connectivity index (χ3n) is 3.55. The second kappa shape index (κ2) is 6.64. The highest BCUT2D eigenvalue weighted by molar-refractivity contribution is 9.10. The zero-order valence-corrected chi connectivity index (χ0v) is 15.0. The van der Waals surface area contributed by atoms with Crippen molar-refractivity contribution in [1.82, 2.24) is 5.32 Å². The van der Waals surface area contributed by atoms with Crippen LogP contribution in [-0.2, 0) is 25.5 Å². The lowest BCUT2D eigenvalue weighted by atomic mass is 10.1. The van der Waals surface area contributed by atoms with Crippen molar-refractivity contribution in [2.75, 3.05) is 6.54 Å². The highest BCUT2D eigenvalue weighted by atomic mass is 79.9. The number of halogens is 4. The van der Waals surface area contributed by atoms with Crippen molar-refractivity contribution >= 4 is 31.7 Å². The minimum absolute atomic E-state index is 0.120. The quantitative estimate of drug-likeness (QED) is 0.590. The van der Waals surface area contributed by atoms with E-state index in [1.807, 2.05) is 0 Å². The Balaban J connectivity index is 2.32. The van der Waals surface area contributed by atoms with Crippen LogP contribution in [-0.4, -0.2) is 30.8 Å². The maximum atomic E-state index is 12.8. The summed E-state index contributed by atoms with van der Waals surface area (Å²) in [5.74, 6) is -0.580. The van der Waals surface area contributed by atoms with Gasteiger partial charge in [-0.25, -0.2) is 8.42 Å². The number of alkyl halides is 4. The highest BCUT2D eigenvalue weighted by Gasteiger charge is 2.43. The fourth-order valence-corrected chi connectivity index (χ4v) is 5.13. The minimum atomic E-state index is -4.64. The summed E-state index contributed by atoms with van der Waals surface area (Å²) in [4.78, 5) is 10.7. The van der Waals surface area contributed by atoms with Crippen molar-refractivity contribution in [3.05, 3.63) is 29.8 Å². The average molecular weight is 430 g/mol. The van der Waals surface area contributed by atoms with Crippen LogP contribution in [0.15, 0.2) is 29.2 Å². The number of hydrogen-bond donors (Lipinski definition) is 1. The molecule has 0 bridgehead atoms. The van der Waals surface area contributed by atoms with Gasteiger partial charge < -0.3 is 10.1 Å². The zero-order valence-electron chi connectivity index (χ0n) is 12.6. The molecule has 2 rings (SSSR count). The van der Waals surface area contributed by atoms with Crippen LogP contribution in [0.4, 0.5) is 13.2 Å². The van der Waals surface area contributed by atoms with Gasteiger partial charge in [-0.2, -0.15) is 13.2 Å². The lowest BCUT2D eigenvalue weighted by Gasteiger charge is -2.36. The molecule has 1 saturated heterocycles. The van der Waals surface area contributed by atoms with Crippen LogP contribution in [0.3, 0.4) is 0 Å². The Kier molecular flexibility index (Phi) is 5.31. The number of hydrogen-bond acceptors (Lipinski definition) is 5. The first-order valence-corrected chi connectivity index (χ1v) is 9.31. The number of ether oxygens (including phenoxy) is 1. The molecule has 1 heterocycles. The van der Waals surface area contributed by atoms with E-state index in [1.165, 1.54) is 6.92 Å². The molecule has 134 valence electrons. The van der Waals surface area contributed by atoms with E-state index in [0.717, 1.165) is 18.2 Å². The van der Waals surface area contributed by atoms with E-state index in [1.54, 1.807) is 0 Å². The van der Waals surface area contributed by atoms with E-state index in [2.05, 4.69) is 21.2 Å². The van der Waals surface area contributed by atoms with Gasteiger partial charge >= 0.3 is 12.1 Å². The molecule has 1 aliphatic heterocycles. The van der Waals surface area contributed by atoms with Gasteiger partial charge in [-0.1, -0.05) is 6.07 Å². The van der Waals surface area contributed by atoms with Gasteiger partial charge in [-0.15, -0.1) is 0 Å². The third kappa shape index (κ3) is 4.28. The molecule has 1 aromatic rings. The van der Waals surface area contributed by atoms with Crippen molar-refractivity contribution < 1.29 is 31.1 Å². The summed E-state index contributed by atoms with van der Waals surface area (Å²) in [6, 6.07) is 3.57. The molecule has 10 heteroatoms. The van der Waals surface area contributed by atoms with Crippen molar-refractivity contribution in [1.29, 1.82) is 0 Å². The number of carbonyl (C=O) groups is 1. The average Bonchev–Trinajstić information content (AvgIpc) is 2.45. The largest absolute Gasteiger partial charge is 0.447 e. The minimum Gasteiger partial charge on any atom is -0.447 e. The molecule has 1 N–H and O–H groups in total. The molecule has 0 aromatic heterocycles.